The van der Waals surface area contributed by atoms with Crippen LogP contribution in [0.1, 0.15) is 26.5 Å². The normalized spacial score (nSPS) is 14.6. The minimum Gasteiger partial charge on any atom is -0.338 e. The molecule has 0 N–H and O–H groups in total. The number of para-hydroxylation sites is 1. The van der Waals surface area contributed by atoms with E-state index in [4.69, 9.17) is 4.98 Å². The molecule has 1 aromatic heterocycles. The number of fused-ring (bicyclic) bond motifs is 1. The second kappa shape index (κ2) is 4.47. The van der Waals surface area contributed by atoms with Crippen molar-refractivity contribution in [1.82, 2.24) is 9.97 Å². The molecule has 4 nitrogen and oxygen atoms in total. The smallest absolute Gasteiger partial charge is 0.178 e. The van der Waals surface area contributed by atoms with E-state index in [-0.39, 0.29) is 5.41 Å². The summed E-state index contributed by atoms with van der Waals surface area (Å²) in [4.78, 5) is 13.8. The van der Waals surface area contributed by atoms with Crippen LogP contribution >= 0.6 is 0 Å². The summed E-state index contributed by atoms with van der Waals surface area (Å²) in [6.45, 7) is 7.27. The van der Waals surface area contributed by atoms with Crippen LogP contribution in [0, 0.1) is 0 Å². The van der Waals surface area contributed by atoms with E-state index in [2.05, 4.69) is 47.7 Å². The van der Waals surface area contributed by atoms with Crippen LogP contribution in [0.15, 0.2) is 36.5 Å². The molecule has 0 saturated heterocycles. The zero-order chi connectivity index (χ0) is 14.3. The molecule has 20 heavy (non-hydrogen) atoms. The second-order valence-electron chi connectivity index (χ2n) is 6.26. The fraction of sp³-hybridized carbons (Fsp3) is 0.375. The van der Waals surface area contributed by atoms with Gasteiger partial charge in [0.1, 0.15) is 0 Å². The molecule has 0 radical (unpaired) electrons. The van der Waals surface area contributed by atoms with Gasteiger partial charge in [-0.05, 0) is 12.1 Å². The Labute approximate surface area is 120 Å². The van der Waals surface area contributed by atoms with E-state index in [0.29, 0.717) is 0 Å². The van der Waals surface area contributed by atoms with Crippen LogP contribution in [0.4, 0.5) is 17.3 Å². The predicted molar refractivity (Wildman–Crippen MR) is 82.6 cm³/mol. The van der Waals surface area contributed by atoms with Crippen LogP contribution in [-0.4, -0.2) is 23.7 Å². The number of anilines is 3. The fourth-order valence-electron chi connectivity index (χ4n) is 2.34. The fourth-order valence-corrected chi connectivity index (χ4v) is 2.34. The molecule has 0 atom stereocenters. The summed E-state index contributed by atoms with van der Waals surface area (Å²) < 4.78 is 0. The standard InChI is InChI=1S/C16H20N4/c1-16(2,3)13-10-17-14-15(18-13)20(11-19(14)4)12-8-6-5-7-9-12/h5-10H,11H2,1-4H3. The quantitative estimate of drug-likeness (QED) is 0.794. The second-order valence-corrected chi connectivity index (χ2v) is 6.26. The van der Waals surface area contributed by atoms with Crippen molar-refractivity contribution < 1.29 is 0 Å². The van der Waals surface area contributed by atoms with Gasteiger partial charge in [0.25, 0.3) is 0 Å². The van der Waals surface area contributed by atoms with Crippen molar-refractivity contribution in [2.24, 2.45) is 0 Å². The molecule has 4 heteroatoms. The van der Waals surface area contributed by atoms with E-state index in [1.807, 2.05) is 31.4 Å². The zero-order valence-corrected chi connectivity index (χ0v) is 12.5. The molecule has 2 heterocycles. The van der Waals surface area contributed by atoms with E-state index >= 15 is 0 Å². The largest absolute Gasteiger partial charge is 0.338 e. The third-order valence-corrected chi connectivity index (χ3v) is 3.54. The topological polar surface area (TPSA) is 32.3 Å². The van der Waals surface area contributed by atoms with Crippen LogP contribution in [-0.2, 0) is 5.41 Å². The van der Waals surface area contributed by atoms with Gasteiger partial charge < -0.3 is 9.80 Å². The third-order valence-electron chi connectivity index (χ3n) is 3.54. The van der Waals surface area contributed by atoms with Crippen LogP contribution in [0.2, 0.25) is 0 Å². The predicted octanol–water partition coefficient (Wildman–Crippen LogP) is 3.32. The van der Waals surface area contributed by atoms with Gasteiger partial charge in [0.15, 0.2) is 11.6 Å². The average molecular weight is 268 g/mol. The summed E-state index contributed by atoms with van der Waals surface area (Å²) in [7, 11) is 2.05. The van der Waals surface area contributed by atoms with Gasteiger partial charge in [-0.25, -0.2) is 9.97 Å². The number of nitrogens with zero attached hydrogens (tertiary/aromatic N) is 4. The molecule has 1 aromatic carbocycles. The van der Waals surface area contributed by atoms with Gasteiger partial charge in [-0.15, -0.1) is 0 Å². The molecule has 0 aliphatic carbocycles. The zero-order valence-electron chi connectivity index (χ0n) is 12.5. The molecule has 104 valence electrons. The van der Waals surface area contributed by atoms with Gasteiger partial charge in [-0.1, -0.05) is 39.0 Å². The lowest BCUT2D eigenvalue weighted by Crippen LogP contribution is -2.24. The molecule has 0 spiro atoms. The van der Waals surface area contributed by atoms with Gasteiger partial charge in [0.2, 0.25) is 0 Å². The van der Waals surface area contributed by atoms with Crippen molar-refractivity contribution >= 4 is 17.3 Å². The maximum Gasteiger partial charge on any atom is 0.178 e. The molecule has 0 fully saturated rings. The highest BCUT2D eigenvalue weighted by atomic mass is 15.4. The van der Waals surface area contributed by atoms with Gasteiger partial charge in [0.05, 0.1) is 18.6 Å². The van der Waals surface area contributed by atoms with Crippen molar-refractivity contribution in [2.45, 2.75) is 26.2 Å². The number of rotatable bonds is 1. The summed E-state index contributed by atoms with van der Waals surface area (Å²) in [6, 6.07) is 10.3. The summed E-state index contributed by atoms with van der Waals surface area (Å²) >= 11 is 0. The van der Waals surface area contributed by atoms with Crippen LogP contribution in [0.25, 0.3) is 0 Å². The molecule has 0 amide bonds. The summed E-state index contributed by atoms with van der Waals surface area (Å²) in [5.41, 5.74) is 2.18. The lowest BCUT2D eigenvalue weighted by molar-refractivity contribution is 0.566. The molecular weight excluding hydrogens is 248 g/mol. The minimum atomic E-state index is 0.00551. The highest BCUT2D eigenvalue weighted by molar-refractivity contribution is 5.76. The summed E-state index contributed by atoms with van der Waals surface area (Å²) in [6.07, 6.45) is 1.89. The van der Waals surface area contributed by atoms with E-state index in [0.717, 1.165) is 29.7 Å². The summed E-state index contributed by atoms with van der Waals surface area (Å²) in [5.74, 6) is 1.90. The van der Waals surface area contributed by atoms with Crippen LogP contribution in [0.5, 0.6) is 0 Å². The van der Waals surface area contributed by atoms with Crippen molar-refractivity contribution in [3.05, 3.63) is 42.2 Å². The third kappa shape index (κ3) is 2.11. The lowest BCUT2D eigenvalue weighted by atomic mass is 9.93. The number of hydrogen-bond donors (Lipinski definition) is 0. The lowest BCUT2D eigenvalue weighted by Gasteiger charge is -2.21. The van der Waals surface area contributed by atoms with E-state index in [1.165, 1.54) is 0 Å². The van der Waals surface area contributed by atoms with E-state index in [9.17, 15) is 0 Å². The number of hydrogen-bond acceptors (Lipinski definition) is 4. The molecule has 2 aromatic rings. The molecule has 3 rings (SSSR count). The Hall–Kier alpha value is -2.10. The van der Waals surface area contributed by atoms with E-state index < -0.39 is 0 Å². The molecule has 0 unspecified atom stereocenters. The molecule has 1 aliphatic heterocycles. The maximum atomic E-state index is 4.85. The van der Waals surface area contributed by atoms with Crippen molar-refractivity contribution in [3.63, 3.8) is 0 Å². The van der Waals surface area contributed by atoms with Gasteiger partial charge in [-0.3, -0.25) is 0 Å². The Kier molecular flexibility index (Phi) is 2.89. The summed E-state index contributed by atoms with van der Waals surface area (Å²) in [5, 5.41) is 0. The minimum absolute atomic E-state index is 0.00551. The Bertz CT molecular complexity index is 616. The SMILES string of the molecule is CN1CN(c2ccccc2)c2nc(C(C)(C)C)cnc21. The highest BCUT2D eigenvalue weighted by Gasteiger charge is 2.29. The van der Waals surface area contributed by atoms with Crippen molar-refractivity contribution in [3.8, 4) is 0 Å². The first-order valence-electron chi connectivity index (χ1n) is 6.88. The average Bonchev–Trinajstić information content (AvgIpc) is 2.76. The first-order valence-corrected chi connectivity index (χ1v) is 6.88. The Balaban J connectivity index is 2.09. The highest BCUT2D eigenvalue weighted by Crippen LogP contribution is 2.37. The first kappa shape index (κ1) is 12.9. The maximum absolute atomic E-state index is 4.85. The van der Waals surface area contributed by atoms with Crippen LogP contribution < -0.4 is 9.80 Å². The van der Waals surface area contributed by atoms with E-state index in [1.54, 1.807) is 0 Å². The van der Waals surface area contributed by atoms with Gasteiger partial charge in [0, 0.05) is 18.2 Å². The number of aromatic nitrogens is 2. The Morgan fingerprint density at radius 3 is 2.40 bits per heavy atom. The molecular formula is C16H20N4. The Morgan fingerprint density at radius 1 is 1.05 bits per heavy atom. The van der Waals surface area contributed by atoms with Gasteiger partial charge in [-0.2, -0.15) is 0 Å². The van der Waals surface area contributed by atoms with Gasteiger partial charge >= 0.3 is 0 Å². The Morgan fingerprint density at radius 2 is 1.75 bits per heavy atom. The molecule has 0 saturated carbocycles. The van der Waals surface area contributed by atoms with Crippen molar-refractivity contribution in [2.75, 3.05) is 23.5 Å². The first-order chi connectivity index (χ1) is 9.47. The van der Waals surface area contributed by atoms with Crippen molar-refractivity contribution in [1.29, 1.82) is 0 Å². The molecule has 1 aliphatic rings. The van der Waals surface area contributed by atoms with Crippen LogP contribution in [0.3, 0.4) is 0 Å². The number of benzene rings is 1. The monoisotopic (exact) mass is 268 g/mol. The molecule has 0 bridgehead atoms.